The van der Waals surface area contributed by atoms with Gasteiger partial charge in [-0.3, -0.25) is 0 Å². The average molecular weight is 1270 g/mol. The highest BCUT2D eigenvalue weighted by molar-refractivity contribution is 5.87. The Hall–Kier alpha value is -2.75. The van der Waals surface area contributed by atoms with Gasteiger partial charge in [-0.1, -0.05) is 55.8 Å². The van der Waals surface area contributed by atoms with Crippen molar-refractivity contribution in [3.63, 3.8) is 0 Å². The van der Waals surface area contributed by atoms with Gasteiger partial charge in [0.1, 0.15) is 83.9 Å². The standard InChI is InChI=1S/C64H98O25/c1-31-53(86-47-27-40(76-9)54(32(2)80-47)87-48-28-41(77-10)55(33(3)81-48)88-59-52(71)57(78-11)56(34(4)82-59)89-58-51(70)50(69)49(68)42(30-65)84-58)39(75-8)26-46(79-31)83-38-20-21-60(6)37(25-38)19-22-63(73)43(60)29-44(85-45(67)18-17-36-15-13-12-14-16-36)61(7)62(72,35(5)66)23-24-64(61,63)74/h12-19,31-35,38-44,46-59,65-66,68-74H,20-30H2,1-11H3/t31-,32-,33-,34-,35+,38+,39+,40+,41-,42-,43-,44-,46+,47+,48+,49-,50+,51-,52-,53-,54-,55-,56-,57+,58+,59+,60+,61-,62-,63+,64-/m1/s1. The Kier molecular flexibility index (Phi) is 21.4. The number of benzene rings is 1. The van der Waals surface area contributed by atoms with E-state index in [-0.39, 0.29) is 38.2 Å². The van der Waals surface area contributed by atoms with E-state index < -0.39 is 194 Å². The number of aliphatic hydroxyl groups is 9. The zero-order chi connectivity index (χ0) is 64.3. The molecule has 25 heteroatoms. The van der Waals surface area contributed by atoms with Gasteiger partial charge in [-0.25, -0.2) is 4.79 Å². The van der Waals surface area contributed by atoms with E-state index in [1.165, 1.54) is 27.2 Å². The van der Waals surface area contributed by atoms with Crippen LogP contribution in [0.15, 0.2) is 48.1 Å². The quantitative estimate of drug-likeness (QED) is 0.0542. The van der Waals surface area contributed by atoms with Gasteiger partial charge >= 0.3 is 5.97 Å². The van der Waals surface area contributed by atoms with Crippen molar-refractivity contribution in [3.8, 4) is 0 Å². The highest BCUT2D eigenvalue weighted by atomic mass is 16.8. The number of hydrogen-bond donors (Lipinski definition) is 9. The molecule has 10 rings (SSSR count). The Morgan fingerprint density at radius 1 is 0.640 bits per heavy atom. The summed E-state index contributed by atoms with van der Waals surface area (Å²) < 4.78 is 93.7. The van der Waals surface area contributed by atoms with Gasteiger partial charge in [-0.05, 0) is 96.6 Å². The van der Waals surface area contributed by atoms with E-state index in [0.717, 1.165) is 11.1 Å². The summed E-state index contributed by atoms with van der Waals surface area (Å²) in [5, 5.41) is 102. The average Bonchev–Trinajstić information content (AvgIpc) is 1.61. The van der Waals surface area contributed by atoms with Gasteiger partial charge in [0, 0.05) is 59.7 Å². The van der Waals surface area contributed by atoms with Gasteiger partial charge in [-0.2, -0.15) is 0 Å². The number of carbonyl (C=O) groups excluding carboxylic acids is 1. The lowest BCUT2D eigenvalue weighted by atomic mass is 9.42. The number of fused-ring (bicyclic) bond motifs is 5. The fraction of sp³-hybridized carbons (Fsp3) is 0.828. The molecule has 5 saturated heterocycles. The van der Waals surface area contributed by atoms with Crippen LogP contribution in [-0.4, -0.2) is 257 Å². The van der Waals surface area contributed by atoms with Crippen LogP contribution >= 0.6 is 0 Å². The lowest BCUT2D eigenvalue weighted by molar-refractivity contribution is -0.374. The Morgan fingerprint density at radius 2 is 1.18 bits per heavy atom. The van der Waals surface area contributed by atoms with Crippen molar-refractivity contribution in [2.24, 2.45) is 16.7 Å². The van der Waals surface area contributed by atoms with Gasteiger partial charge in [0.25, 0.3) is 0 Å². The Morgan fingerprint density at radius 3 is 1.73 bits per heavy atom. The third-order valence-corrected chi connectivity index (χ3v) is 22.0. The first-order chi connectivity index (χ1) is 42.2. The molecule has 25 nitrogen and oxygen atoms in total. The molecule has 0 bridgehead atoms. The molecular formula is C64H98O25. The van der Waals surface area contributed by atoms with Crippen LogP contribution in [0.25, 0.3) is 6.08 Å². The van der Waals surface area contributed by atoms with Crippen molar-refractivity contribution in [2.45, 2.75) is 283 Å². The van der Waals surface area contributed by atoms with Crippen LogP contribution < -0.4 is 0 Å². The number of rotatable bonds is 19. The minimum atomic E-state index is -1.93. The van der Waals surface area contributed by atoms with Gasteiger partial charge in [0.15, 0.2) is 31.5 Å². The van der Waals surface area contributed by atoms with Gasteiger partial charge in [0.2, 0.25) is 0 Å². The molecule has 8 fully saturated rings. The van der Waals surface area contributed by atoms with E-state index in [4.69, 9.17) is 71.1 Å². The second-order valence-electron chi connectivity index (χ2n) is 26.7. The molecule has 0 amide bonds. The fourth-order valence-corrected chi connectivity index (χ4v) is 16.7. The minimum absolute atomic E-state index is 0.00525. The summed E-state index contributed by atoms with van der Waals surface area (Å²) in [4.78, 5) is 13.7. The SMILES string of the molecule is CO[C@H]1[C@@H](O)[C@H](O[C@@H]2[C@@H](C)O[C@@H](O[C@H]3[C@@H](OC)C[C@H](O[C@H]4[C@@H](OC)C[C@H](O[C@H]5CC[C@@]6(C)C(=CC[C@]7(O)[C@@H]6C[C@@H](OC(=O)C=Cc6ccccc6)[C@@]6(C)[C@]7(O)CC[C@@]6(O)[C@H](C)O)C5)O[C@@H]4C)O[C@@H]3C)C[C@H]2OC)O[C@H](C)[C@H]1O[C@@H]1O[C@H](CO)[C@@H](O)[C@H](O)[C@H]1O. The van der Waals surface area contributed by atoms with Crippen LogP contribution in [0.3, 0.4) is 0 Å². The van der Waals surface area contributed by atoms with E-state index in [1.54, 1.807) is 41.1 Å². The second-order valence-corrected chi connectivity index (χ2v) is 26.7. The maximum Gasteiger partial charge on any atom is 0.331 e. The molecule has 5 heterocycles. The summed E-state index contributed by atoms with van der Waals surface area (Å²) in [5.74, 6) is -1.24. The molecule has 9 N–H and O–H groups in total. The number of methoxy groups -OCH3 is 4. The van der Waals surface area contributed by atoms with Crippen LogP contribution in [-0.2, 0) is 75.8 Å². The number of esters is 1. The third kappa shape index (κ3) is 12.6. The molecule has 31 atom stereocenters. The van der Waals surface area contributed by atoms with Crippen molar-refractivity contribution in [1.82, 2.24) is 0 Å². The summed E-state index contributed by atoms with van der Waals surface area (Å²) >= 11 is 0. The van der Waals surface area contributed by atoms with E-state index >= 15 is 0 Å². The maximum absolute atomic E-state index is 13.7. The zero-order valence-corrected chi connectivity index (χ0v) is 53.0. The minimum Gasteiger partial charge on any atom is -0.458 e. The number of ether oxygens (including phenoxy) is 15. The fourth-order valence-electron chi connectivity index (χ4n) is 16.7. The normalized spacial score (nSPS) is 49.7. The number of carbonyl (C=O) groups is 1. The molecule has 0 aromatic heterocycles. The van der Waals surface area contributed by atoms with Crippen molar-refractivity contribution >= 4 is 12.0 Å². The Balaban J connectivity index is 0.727. The first-order valence-electron chi connectivity index (χ1n) is 31.7. The molecule has 1 aromatic carbocycles. The van der Waals surface area contributed by atoms with Crippen LogP contribution in [0.1, 0.15) is 118 Å². The molecule has 89 heavy (non-hydrogen) atoms. The van der Waals surface area contributed by atoms with Crippen molar-refractivity contribution in [1.29, 1.82) is 0 Å². The summed E-state index contributed by atoms with van der Waals surface area (Å²) in [6.45, 7) is 11.8. The van der Waals surface area contributed by atoms with Crippen LogP contribution in [0, 0.1) is 16.7 Å². The van der Waals surface area contributed by atoms with E-state index in [9.17, 15) is 50.8 Å². The number of aliphatic hydroxyl groups excluding tert-OH is 6. The molecule has 4 aliphatic carbocycles. The molecule has 1 aromatic rings. The van der Waals surface area contributed by atoms with Crippen molar-refractivity contribution in [2.75, 3.05) is 35.0 Å². The highest BCUT2D eigenvalue weighted by Gasteiger charge is 2.81. The molecule has 0 radical (unpaired) electrons. The molecule has 9 aliphatic rings. The molecule has 3 saturated carbocycles. The summed E-state index contributed by atoms with van der Waals surface area (Å²) in [5.41, 5.74) is -5.96. The zero-order valence-electron chi connectivity index (χ0n) is 53.0. The molecule has 504 valence electrons. The first kappa shape index (κ1) is 69.1. The lowest BCUT2D eigenvalue weighted by Crippen LogP contribution is -2.78. The van der Waals surface area contributed by atoms with Gasteiger partial charge < -0.3 is 117 Å². The predicted molar refractivity (Wildman–Crippen MR) is 311 cm³/mol. The third-order valence-electron chi connectivity index (χ3n) is 22.0. The molecular weight excluding hydrogens is 1170 g/mol. The largest absolute Gasteiger partial charge is 0.458 e. The molecule has 0 spiro atoms. The Bertz CT molecular complexity index is 2580. The predicted octanol–water partition coefficient (Wildman–Crippen LogP) is 1.82. The number of hydrogen-bond acceptors (Lipinski definition) is 25. The maximum atomic E-state index is 13.7. The summed E-state index contributed by atoms with van der Waals surface area (Å²) in [6.07, 6.45) is -15.5. The van der Waals surface area contributed by atoms with E-state index in [0.29, 0.717) is 32.1 Å². The summed E-state index contributed by atoms with van der Waals surface area (Å²) in [7, 11) is 6.11. The van der Waals surface area contributed by atoms with Crippen LogP contribution in [0.2, 0.25) is 0 Å². The highest BCUT2D eigenvalue weighted by Crippen LogP contribution is 2.71. The first-order valence-corrected chi connectivity index (χ1v) is 31.7. The lowest BCUT2D eigenvalue weighted by Gasteiger charge is -2.67. The topological polar surface area (TPSA) is 338 Å². The van der Waals surface area contributed by atoms with Crippen LogP contribution in [0.5, 0.6) is 0 Å². The second kappa shape index (κ2) is 27.5. The van der Waals surface area contributed by atoms with Crippen molar-refractivity contribution < 1.29 is 122 Å². The monoisotopic (exact) mass is 1270 g/mol. The summed E-state index contributed by atoms with van der Waals surface area (Å²) in [6, 6.07) is 9.30. The van der Waals surface area contributed by atoms with Gasteiger partial charge in [-0.15, -0.1) is 0 Å². The van der Waals surface area contributed by atoms with E-state index in [2.05, 4.69) is 6.92 Å². The molecule has 0 unspecified atom stereocenters. The van der Waals surface area contributed by atoms with Gasteiger partial charge in [0.05, 0.1) is 67.0 Å². The molecule has 5 aliphatic heterocycles. The Labute approximate surface area is 520 Å². The van der Waals surface area contributed by atoms with Crippen LogP contribution in [0.4, 0.5) is 0 Å². The smallest absolute Gasteiger partial charge is 0.331 e. The van der Waals surface area contributed by atoms with E-state index in [1.807, 2.05) is 50.3 Å². The van der Waals surface area contributed by atoms with Crippen molar-refractivity contribution in [3.05, 3.63) is 53.6 Å².